The van der Waals surface area contributed by atoms with Crippen molar-refractivity contribution in [3.05, 3.63) is 76.5 Å². The Bertz CT molecular complexity index is 960. The molecular formula is C23H23ClN2. The Morgan fingerprint density at radius 2 is 1.88 bits per heavy atom. The van der Waals surface area contributed by atoms with Crippen LogP contribution in [0.4, 0.5) is 0 Å². The second-order valence-corrected chi connectivity index (χ2v) is 8.11. The molecule has 0 fully saturated rings. The van der Waals surface area contributed by atoms with Gasteiger partial charge in [-0.25, -0.2) is 0 Å². The normalized spacial score (nSPS) is 18.3. The number of H-pyrrole nitrogens is 1. The molecule has 3 aromatic rings. The Balaban J connectivity index is 1.27. The third-order valence-corrected chi connectivity index (χ3v) is 6.17. The maximum absolute atomic E-state index is 6.11. The molecular weight excluding hydrogens is 340 g/mol. The first-order valence-corrected chi connectivity index (χ1v) is 9.89. The molecule has 0 unspecified atom stereocenters. The molecule has 0 radical (unpaired) electrons. The summed E-state index contributed by atoms with van der Waals surface area (Å²) in [5.41, 5.74) is 7.04. The van der Waals surface area contributed by atoms with Crippen molar-refractivity contribution in [2.24, 2.45) is 5.92 Å². The SMILES string of the molecule is Clc1ccc2c(C3=CCN(CC4Cc5ccccc5C4)CC3)c[nH]c2c1. The molecule has 0 saturated heterocycles. The highest BCUT2D eigenvalue weighted by Gasteiger charge is 2.24. The Kier molecular flexibility index (Phi) is 4.11. The smallest absolute Gasteiger partial charge is 0.0475 e. The molecule has 2 aromatic carbocycles. The fourth-order valence-electron chi connectivity index (χ4n) is 4.63. The van der Waals surface area contributed by atoms with Crippen molar-refractivity contribution in [1.29, 1.82) is 0 Å². The van der Waals surface area contributed by atoms with Crippen molar-refractivity contribution in [3.63, 3.8) is 0 Å². The van der Waals surface area contributed by atoms with E-state index in [0.29, 0.717) is 0 Å². The molecule has 0 spiro atoms. The van der Waals surface area contributed by atoms with E-state index in [2.05, 4.69) is 52.5 Å². The minimum atomic E-state index is 0.776. The predicted molar refractivity (Wildman–Crippen MR) is 110 cm³/mol. The first-order valence-electron chi connectivity index (χ1n) is 9.51. The Morgan fingerprint density at radius 3 is 2.62 bits per heavy atom. The number of aromatic nitrogens is 1. The molecule has 2 aliphatic rings. The molecule has 0 amide bonds. The van der Waals surface area contributed by atoms with E-state index in [1.165, 1.54) is 35.9 Å². The van der Waals surface area contributed by atoms with Gasteiger partial charge in [0.25, 0.3) is 0 Å². The predicted octanol–water partition coefficient (Wildman–Crippen LogP) is 5.33. The molecule has 1 N–H and O–H groups in total. The van der Waals surface area contributed by atoms with E-state index in [-0.39, 0.29) is 0 Å². The number of hydrogen-bond acceptors (Lipinski definition) is 1. The zero-order chi connectivity index (χ0) is 17.5. The van der Waals surface area contributed by atoms with Gasteiger partial charge in [0, 0.05) is 47.3 Å². The summed E-state index contributed by atoms with van der Waals surface area (Å²) in [6.07, 6.45) is 8.16. The van der Waals surface area contributed by atoms with Gasteiger partial charge in [-0.05, 0) is 54.0 Å². The second-order valence-electron chi connectivity index (χ2n) is 7.67. The minimum Gasteiger partial charge on any atom is -0.361 e. The van der Waals surface area contributed by atoms with Gasteiger partial charge in [0.2, 0.25) is 0 Å². The first kappa shape index (κ1) is 16.2. The van der Waals surface area contributed by atoms with Crippen LogP contribution in [0.25, 0.3) is 16.5 Å². The highest BCUT2D eigenvalue weighted by Crippen LogP contribution is 2.32. The van der Waals surface area contributed by atoms with Gasteiger partial charge in [-0.15, -0.1) is 0 Å². The highest BCUT2D eigenvalue weighted by atomic mass is 35.5. The number of aromatic amines is 1. The Hall–Kier alpha value is -2.03. The molecule has 0 atom stereocenters. The lowest BCUT2D eigenvalue weighted by Crippen LogP contribution is -2.33. The van der Waals surface area contributed by atoms with Gasteiger partial charge in [-0.2, -0.15) is 0 Å². The number of halogens is 1. The summed E-state index contributed by atoms with van der Waals surface area (Å²) >= 11 is 6.11. The number of benzene rings is 2. The summed E-state index contributed by atoms with van der Waals surface area (Å²) in [6.45, 7) is 3.42. The van der Waals surface area contributed by atoms with Crippen LogP contribution >= 0.6 is 11.6 Å². The van der Waals surface area contributed by atoms with E-state index in [4.69, 9.17) is 11.6 Å². The number of rotatable bonds is 3. The van der Waals surface area contributed by atoms with Gasteiger partial charge < -0.3 is 4.98 Å². The third-order valence-electron chi connectivity index (χ3n) is 5.93. The molecule has 2 nitrogen and oxygen atoms in total. The average Bonchev–Trinajstić information content (AvgIpc) is 3.25. The summed E-state index contributed by atoms with van der Waals surface area (Å²) in [6, 6.07) is 15.1. The molecule has 132 valence electrons. The van der Waals surface area contributed by atoms with Gasteiger partial charge in [0.15, 0.2) is 0 Å². The van der Waals surface area contributed by atoms with Crippen LogP contribution in [0.3, 0.4) is 0 Å². The van der Waals surface area contributed by atoms with Crippen molar-refractivity contribution in [2.45, 2.75) is 19.3 Å². The van der Waals surface area contributed by atoms with Crippen molar-refractivity contribution in [1.82, 2.24) is 9.88 Å². The van der Waals surface area contributed by atoms with Crippen LogP contribution in [-0.4, -0.2) is 29.5 Å². The Morgan fingerprint density at radius 1 is 1.08 bits per heavy atom. The molecule has 1 aliphatic carbocycles. The van der Waals surface area contributed by atoms with Crippen molar-refractivity contribution in [3.8, 4) is 0 Å². The van der Waals surface area contributed by atoms with E-state index in [1.54, 1.807) is 11.1 Å². The summed E-state index contributed by atoms with van der Waals surface area (Å²) in [5.74, 6) is 0.776. The molecule has 1 aliphatic heterocycles. The van der Waals surface area contributed by atoms with Crippen LogP contribution in [0.5, 0.6) is 0 Å². The maximum atomic E-state index is 6.11. The maximum Gasteiger partial charge on any atom is 0.0475 e. The quantitative estimate of drug-likeness (QED) is 0.667. The molecule has 26 heavy (non-hydrogen) atoms. The fourth-order valence-corrected chi connectivity index (χ4v) is 4.80. The lowest BCUT2D eigenvalue weighted by atomic mass is 9.97. The van der Waals surface area contributed by atoms with Crippen LogP contribution in [0.2, 0.25) is 5.02 Å². The van der Waals surface area contributed by atoms with E-state index >= 15 is 0 Å². The van der Waals surface area contributed by atoms with Crippen molar-refractivity contribution < 1.29 is 0 Å². The van der Waals surface area contributed by atoms with Crippen molar-refractivity contribution >= 4 is 28.1 Å². The summed E-state index contributed by atoms with van der Waals surface area (Å²) in [4.78, 5) is 5.98. The van der Waals surface area contributed by atoms with E-state index in [1.807, 2.05) is 12.1 Å². The zero-order valence-electron chi connectivity index (χ0n) is 14.8. The van der Waals surface area contributed by atoms with Crippen LogP contribution in [-0.2, 0) is 12.8 Å². The standard InChI is InChI=1S/C23H23ClN2/c24-20-5-6-21-22(14-25-23(21)13-20)17-7-9-26(10-8-17)15-16-11-18-3-1-2-4-19(18)12-16/h1-7,13-14,16,25H,8-12,15H2. The fraction of sp³-hybridized carbons (Fsp3) is 0.304. The minimum absolute atomic E-state index is 0.776. The van der Waals surface area contributed by atoms with E-state index < -0.39 is 0 Å². The van der Waals surface area contributed by atoms with Gasteiger partial charge in [0.1, 0.15) is 0 Å². The topological polar surface area (TPSA) is 19.0 Å². The molecule has 1 aromatic heterocycles. The summed E-state index contributed by atoms with van der Waals surface area (Å²) in [5, 5.41) is 2.06. The molecule has 2 heterocycles. The molecule has 5 rings (SSSR count). The van der Waals surface area contributed by atoms with Crippen LogP contribution in [0, 0.1) is 5.92 Å². The van der Waals surface area contributed by atoms with Gasteiger partial charge >= 0.3 is 0 Å². The van der Waals surface area contributed by atoms with Gasteiger partial charge in [-0.3, -0.25) is 4.90 Å². The summed E-state index contributed by atoms with van der Waals surface area (Å²) < 4.78 is 0. The number of hydrogen-bond donors (Lipinski definition) is 1. The zero-order valence-corrected chi connectivity index (χ0v) is 15.6. The van der Waals surface area contributed by atoms with Crippen LogP contribution in [0.1, 0.15) is 23.1 Å². The lowest BCUT2D eigenvalue weighted by molar-refractivity contribution is 0.255. The lowest BCUT2D eigenvalue weighted by Gasteiger charge is -2.28. The van der Waals surface area contributed by atoms with E-state index in [9.17, 15) is 0 Å². The van der Waals surface area contributed by atoms with Crippen molar-refractivity contribution in [2.75, 3.05) is 19.6 Å². The number of nitrogens with zero attached hydrogens (tertiary/aromatic N) is 1. The second kappa shape index (κ2) is 6.61. The first-order chi connectivity index (χ1) is 12.8. The van der Waals surface area contributed by atoms with Crippen LogP contribution < -0.4 is 0 Å². The van der Waals surface area contributed by atoms with Gasteiger partial charge in [-0.1, -0.05) is 48.0 Å². The third kappa shape index (κ3) is 2.98. The molecule has 0 bridgehead atoms. The van der Waals surface area contributed by atoms with Crippen LogP contribution in [0.15, 0.2) is 54.7 Å². The number of fused-ring (bicyclic) bond motifs is 2. The average molecular weight is 363 g/mol. The largest absolute Gasteiger partial charge is 0.361 e. The molecule has 3 heteroatoms. The highest BCUT2D eigenvalue weighted by molar-refractivity contribution is 6.31. The van der Waals surface area contributed by atoms with E-state index in [0.717, 1.165) is 36.0 Å². The number of nitrogens with one attached hydrogen (secondary N) is 1. The van der Waals surface area contributed by atoms with Gasteiger partial charge in [0.05, 0.1) is 0 Å². The Labute approximate surface area is 159 Å². The molecule has 0 saturated carbocycles. The summed E-state index contributed by atoms with van der Waals surface area (Å²) in [7, 11) is 0. The monoisotopic (exact) mass is 362 g/mol.